The predicted molar refractivity (Wildman–Crippen MR) is 90.9 cm³/mol. The van der Waals surface area contributed by atoms with E-state index in [9.17, 15) is 4.39 Å². The van der Waals surface area contributed by atoms with E-state index in [1.54, 1.807) is 19.2 Å². The molecule has 0 saturated heterocycles. The molecule has 24 heavy (non-hydrogen) atoms. The number of hydrogen-bond donors (Lipinski definition) is 2. The maximum Gasteiger partial charge on any atom is 0.231 e. The average Bonchev–Trinajstić information content (AvgIpc) is 3.07. The summed E-state index contributed by atoms with van der Waals surface area (Å²) >= 11 is 0. The lowest BCUT2D eigenvalue weighted by Crippen LogP contribution is -2.37. The van der Waals surface area contributed by atoms with Gasteiger partial charge in [0.05, 0.1) is 0 Å². The van der Waals surface area contributed by atoms with Crippen molar-refractivity contribution in [1.29, 1.82) is 0 Å². The lowest BCUT2D eigenvalue weighted by Gasteiger charge is -2.12. The van der Waals surface area contributed by atoms with Gasteiger partial charge < -0.3 is 20.1 Å². The van der Waals surface area contributed by atoms with Crippen molar-refractivity contribution in [2.45, 2.75) is 13.0 Å². The molecule has 126 valence electrons. The molecule has 2 aromatic rings. The van der Waals surface area contributed by atoms with Gasteiger partial charge >= 0.3 is 0 Å². The minimum Gasteiger partial charge on any atom is -0.454 e. The fourth-order valence-corrected chi connectivity index (χ4v) is 2.43. The molecular weight excluding hydrogens is 309 g/mol. The van der Waals surface area contributed by atoms with Gasteiger partial charge in [0.15, 0.2) is 17.5 Å². The quantitative estimate of drug-likeness (QED) is 0.654. The summed E-state index contributed by atoms with van der Waals surface area (Å²) in [6.45, 7) is 1.61. The fourth-order valence-electron chi connectivity index (χ4n) is 2.43. The van der Waals surface area contributed by atoms with E-state index in [1.165, 1.54) is 17.7 Å². The molecule has 0 amide bonds. The molecule has 2 N–H and O–H groups in total. The Morgan fingerprint density at radius 3 is 2.58 bits per heavy atom. The Morgan fingerprint density at radius 2 is 1.79 bits per heavy atom. The van der Waals surface area contributed by atoms with Crippen molar-refractivity contribution in [2.75, 3.05) is 20.4 Å². The minimum absolute atomic E-state index is 0.231. The second-order valence-electron chi connectivity index (χ2n) is 5.42. The zero-order chi connectivity index (χ0) is 16.8. The number of halogens is 1. The smallest absolute Gasteiger partial charge is 0.231 e. The highest BCUT2D eigenvalue weighted by Gasteiger charge is 2.12. The van der Waals surface area contributed by atoms with Gasteiger partial charge in [-0.15, -0.1) is 0 Å². The van der Waals surface area contributed by atoms with Crippen LogP contribution in [0.4, 0.5) is 4.39 Å². The number of aliphatic imine (C=N–C) groups is 1. The highest BCUT2D eigenvalue weighted by atomic mass is 19.1. The molecule has 0 atom stereocenters. The van der Waals surface area contributed by atoms with Gasteiger partial charge in [0.1, 0.15) is 5.82 Å². The Kier molecular flexibility index (Phi) is 5.15. The Hall–Kier alpha value is -2.76. The molecule has 0 bridgehead atoms. The first-order valence-corrected chi connectivity index (χ1v) is 7.82. The SMILES string of the molecule is CN=C(NCCc1ccc2c(c1)OCO2)NCc1ccc(F)cc1. The van der Waals surface area contributed by atoms with E-state index < -0.39 is 0 Å². The van der Waals surface area contributed by atoms with E-state index in [-0.39, 0.29) is 12.6 Å². The number of guanidine groups is 1. The van der Waals surface area contributed by atoms with Crippen LogP contribution in [-0.4, -0.2) is 26.3 Å². The van der Waals surface area contributed by atoms with Crippen molar-refractivity contribution < 1.29 is 13.9 Å². The largest absolute Gasteiger partial charge is 0.454 e. The van der Waals surface area contributed by atoms with Crippen LogP contribution in [0.15, 0.2) is 47.5 Å². The molecule has 0 aliphatic carbocycles. The first-order chi connectivity index (χ1) is 11.7. The minimum atomic E-state index is -0.231. The fraction of sp³-hybridized carbons (Fsp3) is 0.278. The number of benzene rings is 2. The Labute approximate surface area is 140 Å². The summed E-state index contributed by atoms with van der Waals surface area (Å²) in [6.07, 6.45) is 0.841. The van der Waals surface area contributed by atoms with Crippen LogP contribution in [0.5, 0.6) is 11.5 Å². The number of hydrogen-bond acceptors (Lipinski definition) is 3. The van der Waals surface area contributed by atoms with E-state index in [4.69, 9.17) is 9.47 Å². The molecule has 6 heteroatoms. The second kappa shape index (κ2) is 7.68. The van der Waals surface area contributed by atoms with Gasteiger partial charge in [0.2, 0.25) is 6.79 Å². The predicted octanol–water partition coefficient (Wildman–Crippen LogP) is 2.46. The van der Waals surface area contributed by atoms with Crippen molar-refractivity contribution in [3.05, 3.63) is 59.4 Å². The number of nitrogens with one attached hydrogen (secondary N) is 2. The van der Waals surface area contributed by atoms with Gasteiger partial charge in [-0.05, 0) is 41.8 Å². The average molecular weight is 329 g/mol. The Morgan fingerprint density at radius 1 is 1.04 bits per heavy atom. The van der Waals surface area contributed by atoms with Crippen LogP contribution in [0.25, 0.3) is 0 Å². The van der Waals surface area contributed by atoms with Gasteiger partial charge in [-0.25, -0.2) is 4.39 Å². The van der Waals surface area contributed by atoms with Crippen LogP contribution in [0.2, 0.25) is 0 Å². The van der Waals surface area contributed by atoms with Gasteiger partial charge in [-0.2, -0.15) is 0 Å². The molecule has 2 aromatic carbocycles. The van der Waals surface area contributed by atoms with Gasteiger partial charge in [0, 0.05) is 20.1 Å². The summed E-state index contributed by atoms with van der Waals surface area (Å²) in [6, 6.07) is 12.4. The summed E-state index contributed by atoms with van der Waals surface area (Å²) in [4.78, 5) is 4.19. The first kappa shape index (κ1) is 16.1. The summed E-state index contributed by atoms with van der Waals surface area (Å²) in [5, 5.41) is 6.46. The van der Waals surface area contributed by atoms with E-state index in [2.05, 4.69) is 15.6 Å². The maximum atomic E-state index is 12.9. The molecular formula is C18H20FN3O2. The van der Waals surface area contributed by atoms with Crippen LogP contribution in [-0.2, 0) is 13.0 Å². The number of fused-ring (bicyclic) bond motifs is 1. The molecule has 0 fully saturated rings. The lowest BCUT2D eigenvalue weighted by molar-refractivity contribution is 0.174. The summed E-state index contributed by atoms with van der Waals surface area (Å²) in [7, 11) is 1.72. The third kappa shape index (κ3) is 4.16. The molecule has 0 spiro atoms. The molecule has 0 aromatic heterocycles. The molecule has 0 radical (unpaired) electrons. The molecule has 1 aliphatic heterocycles. The Balaban J connectivity index is 1.45. The van der Waals surface area contributed by atoms with Crippen molar-refractivity contribution >= 4 is 5.96 Å². The molecule has 5 nitrogen and oxygen atoms in total. The normalized spacial score (nSPS) is 13.0. The van der Waals surface area contributed by atoms with Crippen LogP contribution >= 0.6 is 0 Å². The highest BCUT2D eigenvalue weighted by molar-refractivity contribution is 5.79. The van der Waals surface area contributed by atoms with E-state index in [0.29, 0.717) is 12.5 Å². The van der Waals surface area contributed by atoms with Gasteiger partial charge in [-0.1, -0.05) is 18.2 Å². The molecule has 0 unspecified atom stereocenters. The monoisotopic (exact) mass is 329 g/mol. The lowest BCUT2D eigenvalue weighted by atomic mass is 10.1. The van der Waals surface area contributed by atoms with Gasteiger partial charge in [-0.3, -0.25) is 4.99 Å². The second-order valence-corrected chi connectivity index (χ2v) is 5.42. The van der Waals surface area contributed by atoms with Crippen LogP contribution in [0.3, 0.4) is 0 Å². The number of ether oxygens (including phenoxy) is 2. The molecule has 1 heterocycles. The van der Waals surface area contributed by atoms with Gasteiger partial charge in [0.25, 0.3) is 0 Å². The van der Waals surface area contributed by atoms with Crippen molar-refractivity contribution in [1.82, 2.24) is 10.6 Å². The van der Waals surface area contributed by atoms with Crippen molar-refractivity contribution in [3.63, 3.8) is 0 Å². The first-order valence-electron chi connectivity index (χ1n) is 7.82. The maximum absolute atomic E-state index is 12.9. The summed E-state index contributed by atoms with van der Waals surface area (Å²) < 4.78 is 23.6. The zero-order valence-electron chi connectivity index (χ0n) is 13.5. The topological polar surface area (TPSA) is 54.9 Å². The number of nitrogens with zero attached hydrogens (tertiary/aromatic N) is 1. The summed E-state index contributed by atoms with van der Waals surface area (Å²) in [5.41, 5.74) is 2.16. The Bertz CT molecular complexity index is 717. The van der Waals surface area contributed by atoms with E-state index >= 15 is 0 Å². The number of rotatable bonds is 5. The van der Waals surface area contributed by atoms with Crippen molar-refractivity contribution in [3.8, 4) is 11.5 Å². The molecule has 3 rings (SSSR count). The van der Waals surface area contributed by atoms with Crippen LogP contribution < -0.4 is 20.1 Å². The van der Waals surface area contributed by atoms with Crippen molar-refractivity contribution in [2.24, 2.45) is 4.99 Å². The van der Waals surface area contributed by atoms with Crippen LogP contribution in [0, 0.1) is 5.82 Å². The highest BCUT2D eigenvalue weighted by Crippen LogP contribution is 2.32. The third-order valence-corrected chi connectivity index (χ3v) is 3.74. The standard InChI is InChI=1S/C18H20FN3O2/c1-20-18(22-11-14-2-5-15(19)6-3-14)21-9-8-13-4-7-16-17(10-13)24-12-23-16/h2-7,10H,8-9,11-12H2,1H3,(H2,20,21,22). The van der Waals surface area contributed by atoms with E-state index in [0.717, 1.165) is 30.0 Å². The zero-order valence-corrected chi connectivity index (χ0v) is 13.5. The summed E-state index contributed by atoms with van der Waals surface area (Å²) in [5.74, 6) is 2.07. The van der Waals surface area contributed by atoms with E-state index in [1.807, 2.05) is 18.2 Å². The molecule has 0 saturated carbocycles. The van der Waals surface area contributed by atoms with Crippen LogP contribution in [0.1, 0.15) is 11.1 Å². The molecule has 1 aliphatic rings. The third-order valence-electron chi connectivity index (χ3n) is 3.74.